The summed E-state index contributed by atoms with van der Waals surface area (Å²) in [6.07, 6.45) is 12.1. The minimum absolute atomic E-state index is 0.335. The Kier molecular flexibility index (Phi) is 7.83. The first kappa shape index (κ1) is 19.8. The largest absolute Gasteiger partial charge is 0.454 e. The summed E-state index contributed by atoms with van der Waals surface area (Å²) >= 11 is 0. The quantitative estimate of drug-likeness (QED) is 0.515. The van der Waals surface area contributed by atoms with E-state index < -0.39 is 5.60 Å². The average Bonchev–Trinajstić information content (AvgIpc) is 3.07. The number of rotatable bonds is 11. The first-order valence-electron chi connectivity index (χ1n) is 9.83. The molecule has 1 aliphatic heterocycles. The highest BCUT2D eigenvalue weighted by atomic mass is 16.7. The molecule has 0 radical (unpaired) electrons. The van der Waals surface area contributed by atoms with Crippen LogP contribution < -0.4 is 9.47 Å². The molecule has 1 aliphatic rings. The van der Waals surface area contributed by atoms with Crippen molar-refractivity contribution in [1.82, 2.24) is 0 Å². The second-order valence-corrected chi connectivity index (χ2v) is 7.40. The third-order valence-electron chi connectivity index (χ3n) is 5.13. The fourth-order valence-corrected chi connectivity index (χ4v) is 3.15. The van der Waals surface area contributed by atoms with Crippen molar-refractivity contribution in [2.24, 2.45) is 0 Å². The first-order valence-corrected chi connectivity index (χ1v) is 9.83. The van der Waals surface area contributed by atoms with Crippen LogP contribution in [0.1, 0.15) is 77.7 Å². The Balaban J connectivity index is 1.84. The molecule has 0 amide bonds. The van der Waals surface area contributed by atoms with Gasteiger partial charge in [-0.1, -0.05) is 38.0 Å². The van der Waals surface area contributed by atoms with Crippen molar-refractivity contribution in [3.05, 3.63) is 35.4 Å². The second kappa shape index (κ2) is 9.86. The molecule has 0 fully saturated rings. The highest BCUT2D eigenvalue weighted by Crippen LogP contribution is 2.33. The minimum atomic E-state index is -0.512. The molecule has 1 atom stereocenters. The van der Waals surface area contributed by atoms with E-state index in [0.717, 1.165) is 50.0 Å². The fourth-order valence-electron chi connectivity index (χ4n) is 3.15. The molecule has 2 rings (SSSR count). The number of benzene rings is 1. The van der Waals surface area contributed by atoms with E-state index in [2.05, 4.69) is 32.1 Å². The summed E-state index contributed by atoms with van der Waals surface area (Å²) in [7, 11) is 0. The highest BCUT2D eigenvalue weighted by Gasteiger charge is 2.16. The lowest BCUT2D eigenvalue weighted by Gasteiger charge is -2.21. The molecule has 3 heteroatoms. The van der Waals surface area contributed by atoms with Crippen LogP contribution in [-0.2, 0) is 6.42 Å². The average molecular weight is 347 g/mol. The van der Waals surface area contributed by atoms with Gasteiger partial charge in [-0.25, -0.2) is 0 Å². The monoisotopic (exact) mass is 346 g/mol. The molecule has 1 heterocycles. The molecule has 1 N–H and O–H groups in total. The Labute approximate surface area is 153 Å². The zero-order chi connectivity index (χ0) is 18.1. The van der Waals surface area contributed by atoms with Crippen LogP contribution >= 0.6 is 0 Å². The highest BCUT2D eigenvalue weighted by molar-refractivity contribution is 5.44. The molecule has 25 heavy (non-hydrogen) atoms. The van der Waals surface area contributed by atoms with Crippen LogP contribution in [0.4, 0.5) is 0 Å². The molecule has 0 saturated carbocycles. The van der Waals surface area contributed by atoms with Crippen molar-refractivity contribution in [2.45, 2.75) is 84.2 Å². The van der Waals surface area contributed by atoms with E-state index in [9.17, 15) is 5.11 Å². The van der Waals surface area contributed by atoms with Gasteiger partial charge in [0.25, 0.3) is 0 Å². The van der Waals surface area contributed by atoms with Crippen molar-refractivity contribution in [1.29, 1.82) is 0 Å². The number of hydrogen-bond donors (Lipinski definition) is 1. The van der Waals surface area contributed by atoms with Gasteiger partial charge in [0.05, 0.1) is 5.60 Å². The number of allylic oxidation sites excluding steroid dienone is 2. The van der Waals surface area contributed by atoms with Crippen molar-refractivity contribution >= 4 is 0 Å². The molecule has 0 saturated heterocycles. The van der Waals surface area contributed by atoms with Crippen LogP contribution in [0.15, 0.2) is 29.8 Å². The molecule has 1 aromatic carbocycles. The van der Waals surface area contributed by atoms with Gasteiger partial charge in [0.2, 0.25) is 6.79 Å². The van der Waals surface area contributed by atoms with Gasteiger partial charge in [0.15, 0.2) is 11.5 Å². The Morgan fingerprint density at radius 3 is 2.68 bits per heavy atom. The van der Waals surface area contributed by atoms with E-state index in [0.29, 0.717) is 6.79 Å². The summed E-state index contributed by atoms with van der Waals surface area (Å²) in [5.41, 5.74) is 2.33. The van der Waals surface area contributed by atoms with Crippen molar-refractivity contribution in [2.75, 3.05) is 6.79 Å². The first-order chi connectivity index (χ1) is 12.0. The molecule has 3 nitrogen and oxygen atoms in total. The third kappa shape index (κ3) is 6.74. The molecule has 1 unspecified atom stereocenters. The number of hydrogen-bond acceptors (Lipinski definition) is 3. The van der Waals surface area contributed by atoms with Gasteiger partial charge in [-0.2, -0.15) is 0 Å². The standard InChI is InChI=1S/C22H34O3/c1-4-6-9-18(12-8-15-22(3,23)5-2)10-7-11-19-13-14-20-21(16-19)25-17-24-20/h10,13-14,16,23H,4-9,11-12,15,17H2,1-3H3. The summed E-state index contributed by atoms with van der Waals surface area (Å²) in [5.74, 6) is 1.72. The van der Waals surface area contributed by atoms with E-state index in [1.54, 1.807) is 5.57 Å². The van der Waals surface area contributed by atoms with Crippen molar-refractivity contribution in [3.8, 4) is 11.5 Å². The maximum absolute atomic E-state index is 10.2. The Morgan fingerprint density at radius 1 is 1.16 bits per heavy atom. The van der Waals surface area contributed by atoms with Crippen LogP contribution in [0.25, 0.3) is 0 Å². The number of ether oxygens (including phenoxy) is 2. The lowest BCUT2D eigenvalue weighted by molar-refractivity contribution is 0.0450. The lowest BCUT2D eigenvalue weighted by Crippen LogP contribution is -2.22. The van der Waals surface area contributed by atoms with Crippen LogP contribution in [-0.4, -0.2) is 17.5 Å². The number of fused-ring (bicyclic) bond motifs is 1. The van der Waals surface area contributed by atoms with Gasteiger partial charge in [-0.05, 0) is 76.0 Å². The summed E-state index contributed by atoms with van der Waals surface area (Å²) < 4.78 is 10.8. The summed E-state index contributed by atoms with van der Waals surface area (Å²) in [5, 5.41) is 10.2. The molecule has 0 aliphatic carbocycles. The number of unbranched alkanes of at least 4 members (excludes halogenated alkanes) is 1. The lowest BCUT2D eigenvalue weighted by atomic mass is 9.93. The van der Waals surface area contributed by atoms with Gasteiger partial charge in [0.1, 0.15) is 0 Å². The third-order valence-corrected chi connectivity index (χ3v) is 5.13. The summed E-state index contributed by atoms with van der Waals surface area (Å²) in [6.45, 7) is 6.58. The molecular weight excluding hydrogens is 312 g/mol. The zero-order valence-corrected chi connectivity index (χ0v) is 16.1. The van der Waals surface area contributed by atoms with Crippen molar-refractivity contribution in [3.63, 3.8) is 0 Å². The van der Waals surface area contributed by atoms with Crippen LogP contribution in [0.5, 0.6) is 11.5 Å². The zero-order valence-electron chi connectivity index (χ0n) is 16.1. The minimum Gasteiger partial charge on any atom is -0.454 e. The molecule has 0 aromatic heterocycles. The van der Waals surface area contributed by atoms with E-state index in [-0.39, 0.29) is 0 Å². The topological polar surface area (TPSA) is 38.7 Å². The van der Waals surface area contributed by atoms with Gasteiger partial charge >= 0.3 is 0 Å². The maximum atomic E-state index is 10.2. The normalized spacial score (nSPS) is 16.1. The van der Waals surface area contributed by atoms with E-state index in [1.807, 2.05) is 13.0 Å². The Bertz CT molecular complexity index is 560. The predicted octanol–water partition coefficient (Wildman–Crippen LogP) is 5.80. The smallest absolute Gasteiger partial charge is 0.231 e. The molecule has 0 bridgehead atoms. The number of aryl methyl sites for hydroxylation is 1. The van der Waals surface area contributed by atoms with Crippen LogP contribution in [0, 0.1) is 0 Å². The fraction of sp³-hybridized carbons (Fsp3) is 0.636. The van der Waals surface area contributed by atoms with E-state index in [1.165, 1.54) is 24.8 Å². The molecule has 140 valence electrons. The Morgan fingerprint density at radius 2 is 1.92 bits per heavy atom. The Hall–Kier alpha value is -1.48. The molecule has 1 aromatic rings. The number of aliphatic hydroxyl groups is 1. The second-order valence-electron chi connectivity index (χ2n) is 7.40. The van der Waals surface area contributed by atoms with Crippen molar-refractivity contribution < 1.29 is 14.6 Å². The predicted molar refractivity (Wildman–Crippen MR) is 103 cm³/mol. The van der Waals surface area contributed by atoms with Crippen LogP contribution in [0.2, 0.25) is 0 Å². The van der Waals surface area contributed by atoms with E-state index >= 15 is 0 Å². The molecule has 0 spiro atoms. The maximum Gasteiger partial charge on any atom is 0.231 e. The van der Waals surface area contributed by atoms with Gasteiger partial charge in [-0.3, -0.25) is 0 Å². The van der Waals surface area contributed by atoms with Gasteiger partial charge in [0, 0.05) is 0 Å². The van der Waals surface area contributed by atoms with Gasteiger partial charge < -0.3 is 14.6 Å². The van der Waals surface area contributed by atoms with Gasteiger partial charge in [-0.15, -0.1) is 0 Å². The SMILES string of the molecule is CCCCC(=CCCc1ccc2c(c1)OCO2)CCCC(C)(O)CC. The molecular formula is C22H34O3. The van der Waals surface area contributed by atoms with Crippen LogP contribution in [0.3, 0.4) is 0 Å². The van der Waals surface area contributed by atoms with E-state index in [4.69, 9.17) is 9.47 Å². The summed E-state index contributed by atoms with van der Waals surface area (Å²) in [6, 6.07) is 6.23. The summed E-state index contributed by atoms with van der Waals surface area (Å²) in [4.78, 5) is 0.